The molecule has 0 unspecified atom stereocenters. The molecule has 1 N–H and O–H groups in total. The molecule has 5 nitrogen and oxygen atoms in total. The van der Waals surface area contributed by atoms with Crippen molar-refractivity contribution in [1.29, 1.82) is 0 Å². The lowest BCUT2D eigenvalue weighted by molar-refractivity contribution is 0.0683. The molecule has 5 heteroatoms. The van der Waals surface area contributed by atoms with Crippen LogP contribution < -0.4 is 0 Å². The standard InChI is InChI=1S/C9H8N2O3/c1-2-6-5-3-4-14-8(5)11-7(10-6)9(12)13/h3-4H,2H2,1H3,(H,12,13). The number of carboxylic acid groups (broad SMARTS) is 1. The van der Waals surface area contributed by atoms with Crippen LogP contribution in [-0.4, -0.2) is 21.0 Å². The van der Waals surface area contributed by atoms with Crippen molar-refractivity contribution >= 4 is 17.1 Å². The third kappa shape index (κ3) is 1.22. The maximum atomic E-state index is 10.7. The smallest absolute Gasteiger partial charge is 0.374 e. The van der Waals surface area contributed by atoms with Crippen LogP contribution in [0.3, 0.4) is 0 Å². The number of aromatic nitrogens is 2. The number of rotatable bonds is 2. The Bertz CT molecular complexity index is 490. The molecule has 0 aliphatic heterocycles. The molecule has 0 aromatic carbocycles. The molecule has 0 atom stereocenters. The van der Waals surface area contributed by atoms with Crippen LogP contribution in [-0.2, 0) is 6.42 Å². The van der Waals surface area contributed by atoms with Crippen LogP contribution in [0.2, 0.25) is 0 Å². The van der Waals surface area contributed by atoms with E-state index in [0.29, 0.717) is 17.8 Å². The molecule has 14 heavy (non-hydrogen) atoms. The summed E-state index contributed by atoms with van der Waals surface area (Å²) in [5, 5.41) is 9.51. The molecule has 72 valence electrons. The van der Waals surface area contributed by atoms with E-state index in [1.165, 1.54) is 6.26 Å². The molecule has 2 rings (SSSR count). The molecule has 2 heterocycles. The van der Waals surface area contributed by atoms with Gasteiger partial charge >= 0.3 is 5.97 Å². The van der Waals surface area contributed by atoms with Gasteiger partial charge in [-0.25, -0.2) is 9.78 Å². The summed E-state index contributed by atoms with van der Waals surface area (Å²) in [6.07, 6.45) is 2.13. The van der Waals surface area contributed by atoms with Crippen LogP contribution in [0.1, 0.15) is 23.2 Å². The van der Waals surface area contributed by atoms with Gasteiger partial charge in [-0.2, -0.15) is 4.98 Å². The fraction of sp³-hybridized carbons (Fsp3) is 0.222. The molecule has 0 spiro atoms. The third-order valence-corrected chi connectivity index (χ3v) is 1.93. The minimum atomic E-state index is -1.14. The predicted octanol–water partition coefficient (Wildman–Crippen LogP) is 1.48. The predicted molar refractivity (Wildman–Crippen MR) is 48.1 cm³/mol. The number of aryl methyl sites for hydroxylation is 1. The molecule has 0 aliphatic rings. The lowest BCUT2D eigenvalue weighted by Crippen LogP contribution is -2.06. The van der Waals surface area contributed by atoms with Gasteiger partial charge in [0.2, 0.25) is 11.5 Å². The van der Waals surface area contributed by atoms with E-state index in [1.54, 1.807) is 6.07 Å². The van der Waals surface area contributed by atoms with Gasteiger partial charge in [-0.1, -0.05) is 6.92 Å². The molecular weight excluding hydrogens is 184 g/mol. The van der Waals surface area contributed by atoms with E-state index in [9.17, 15) is 4.79 Å². The lowest BCUT2D eigenvalue weighted by atomic mass is 10.2. The Morgan fingerprint density at radius 3 is 3.00 bits per heavy atom. The topological polar surface area (TPSA) is 76.2 Å². The molecule has 0 amide bonds. The van der Waals surface area contributed by atoms with E-state index in [-0.39, 0.29) is 5.82 Å². The van der Waals surface area contributed by atoms with Crippen LogP contribution in [0.15, 0.2) is 16.7 Å². The zero-order chi connectivity index (χ0) is 10.1. The second-order valence-electron chi connectivity index (χ2n) is 2.79. The van der Waals surface area contributed by atoms with Gasteiger partial charge in [0, 0.05) is 0 Å². The van der Waals surface area contributed by atoms with Gasteiger partial charge in [0.25, 0.3) is 0 Å². The maximum Gasteiger partial charge on any atom is 0.374 e. The summed E-state index contributed by atoms with van der Waals surface area (Å²) in [6.45, 7) is 1.90. The average Bonchev–Trinajstić information content (AvgIpc) is 2.63. The summed E-state index contributed by atoms with van der Waals surface area (Å²) < 4.78 is 5.04. The van der Waals surface area contributed by atoms with E-state index in [4.69, 9.17) is 9.52 Å². The van der Waals surface area contributed by atoms with Crippen molar-refractivity contribution in [3.05, 3.63) is 23.8 Å². The Kier molecular flexibility index (Phi) is 1.92. The number of hydrogen-bond acceptors (Lipinski definition) is 4. The normalized spacial score (nSPS) is 10.6. The Hall–Kier alpha value is -1.91. The summed E-state index contributed by atoms with van der Waals surface area (Å²) in [5.41, 5.74) is 1.02. The fourth-order valence-corrected chi connectivity index (χ4v) is 1.28. The molecule has 0 saturated carbocycles. The van der Waals surface area contributed by atoms with Gasteiger partial charge in [-0.3, -0.25) is 0 Å². The Morgan fingerprint density at radius 2 is 2.36 bits per heavy atom. The van der Waals surface area contributed by atoms with Crippen LogP contribution >= 0.6 is 0 Å². The molecule has 2 aromatic heterocycles. The van der Waals surface area contributed by atoms with Crippen molar-refractivity contribution in [1.82, 2.24) is 9.97 Å². The van der Waals surface area contributed by atoms with Crippen molar-refractivity contribution in [3.8, 4) is 0 Å². The molecule has 0 aliphatic carbocycles. The highest BCUT2D eigenvalue weighted by molar-refractivity contribution is 5.86. The Morgan fingerprint density at radius 1 is 1.57 bits per heavy atom. The van der Waals surface area contributed by atoms with Gasteiger partial charge < -0.3 is 9.52 Å². The van der Waals surface area contributed by atoms with E-state index < -0.39 is 5.97 Å². The van der Waals surface area contributed by atoms with Crippen molar-refractivity contribution in [2.24, 2.45) is 0 Å². The Balaban J connectivity index is 2.73. The zero-order valence-electron chi connectivity index (χ0n) is 7.52. The number of hydrogen-bond donors (Lipinski definition) is 1. The van der Waals surface area contributed by atoms with E-state index >= 15 is 0 Å². The summed E-state index contributed by atoms with van der Waals surface area (Å²) >= 11 is 0. The van der Waals surface area contributed by atoms with Gasteiger partial charge in [0.15, 0.2) is 0 Å². The summed E-state index contributed by atoms with van der Waals surface area (Å²) in [7, 11) is 0. The lowest BCUT2D eigenvalue weighted by Gasteiger charge is -1.98. The van der Waals surface area contributed by atoms with Crippen molar-refractivity contribution in [3.63, 3.8) is 0 Å². The van der Waals surface area contributed by atoms with Gasteiger partial charge in [-0.05, 0) is 12.5 Å². The molecule has 0 bridgehead atoms. The van der Waals surface area contributed by atoms with E-state index in [0.717, 1.165) is 5.39 Å². The molecular formula is C9H8N2O3. The first-order valence-electron chi connectivity index (χ1n) is 4.19. The minimum Gasteiger partial charge on any atom is -0.475 e. The average molecular weight is 192 g/mol. The first-order chi connectivity index (χ1) is 6.72. The van der Waals surface area contributed by atoms with Crippen molar-refractivity contribution in [2.75, 3.05) is 0 Å². The number of carboxylic acids is 1. The largest absolute Gasteiger partial charge is 0.475 e. The third-order valence-electron chi connectivity index (χ3n) is 1.93. The van der Waals surface area contributed by atoms with Crippen molar-refractivity contribution in [2.45, 2.75) is 13.3 Å². The number of nitrogens with zero attached hydrogens (tertiary/aromatic N) is 2. The number of aromatic carboxylic acids is 1. The molecule has 2 aromatic rings. The van der Waals surface area contributed by atoms with Crippen molar-refractivity contribution < 1.29 is 14.3 Å². The van der Waals surface area contributed by atoms with Crippen LogP contribution in [0, 0.1) is 0 Å². The maximum absolute atomic E-state index is 10.7. The first kappa shape index (κ1) is 8.68. The van der Waals surface area contributed by atoms with Gasteiger partial charge in [-0.15, -0.1) is 0 Å². The summed E-state index contributed by atoms with van der Waals surface area (Å²) in [6, 6.07) is 1.74. The first-order valence-corrected chi connectivity index (χ1v) is 4.19. The SMILES string of the molecule is CCc1nc(C(=O)O)nc2occc12. The van der Waals surface area contributed by atoms with E-state index in [2.05, 4.69) is 9.97 Å². The number of fused-ring (bicyclic) bond motifs is 1. The van der Waals surface area contributed by atoms with Crippen LogP contribution in [0.4, 0.5) is 0 Å². The highest BCUT2D eigenvalue weighted by Gasteiger charge is 2.13. The molecule has 0 saturated heterocycles. The highest BCUT2D eigenvalue weighted by Crippen LogP contribution is 2.17. The molecule has 0 radical (unpaired) electrons. The minimum absolute atomic E-state index is 0.218. The fourth-order valence-electron chi connectivity index (χ4n) is 1.28. The van der Waals surface area contributed by atoms with E-state index in [1.807, 2.05) is 6.92 Å². The monoisotopic (exact) mass is 192 g/mol. The van der Waals surface area contributed by atoms with Gasteiger partial charge in [0.1, 0.15) is 0 Å². The number of furan rings is 1. The Labute approximate surface area is 79.4 Å². The summed E-state index contributed by atoms with van der Waals surface area (Å²) in [4.78, 5) is 18.4. The molecule has 0 fully saturated rings. The van der Waals surface area contributed by atoms with Crippen LogP contribution in [0.25, 0.3) is 11.1 Å². The second-order valence-corrected chi connectivity index (χ2v) is 2.79. The summed E-state index contributed by atoms with van der Waals surface area (Å²) in [5.74, 6) is -1.36. The quantitative estimate of drug-likeness (QED) is 0.779. The second kappa shape index (κ2) is 3.10. The number of carbonyl (C=O) groups is 1. The van der Waals surface area contributed by atoms with Gasteiger partial charge in [0.05, 0.1) is 17.3 Å². The zero-order valence-corrected chi connectivity index (χ0v) is 7.52. The van der Waals surface area contributed by atoms with Crippen LogP contribution in [0.5, 0.6) is 0 Å². The highest BCUT2D eigenvalue weighted by atomic mass is 16.4.